The molecule has 0 aliphatic carbocycles. The number of para-hydroxylation sites is 1. The molecule has 5 nitrogen and oxygen atoms in total. The van der Waals surface area contributed by atoms with Crippen LogP contribution in [0.1, 0.15) is 11.1 Å². The van der Waals surface area contributed by atoms with Crippen LogP contribution in [0.15, 0.2) is 47.4 Å². The Morgan fingerprint density at radius 3 is 2.52 bits per heavy atom. The fraction of sp³-hybridized carbons (Fsp3) is 0.0667. The van der Waals surface area contributed by atoms with E-state index in [9.17, 15) is 8.42 Å². The summed E-state index contributed by atoms with van der Waals surface area (Å²) in [7, 11) is -4.15. The molecule has 0 bridgehead atoms. The number of nitrogens with one attached hydrogen (secondary N) is 1. The average Bonchev–Trinajstić information content (AvgIpc) is 2.83. The largest absolute Gasteiger partial charge is 0.397 e. The molecule has 21 heavy (non-hydrogen) atoms. The Balaban J connectivity index is 1.96. The number of nitrogens with two attached hydrogens (primary N) is 1. The lowest BCUT2D eigenvalue weighted by atomic mass is 10.0. The summed E-state index contributed by atoms with van der Waals surface area (Å²) >= 11 is 0. The lowest BCUT2D eigenvalue weighted by Crippen LogP contribution is -1.97. The molecule has 1 aliphatic rings. The summed E-state index contributed by atoms with van der Waals surface area (Å²) in [5.74, 6) is 0. The number of benzene rings is 2. The lowest BCUT2D eigenvalue weighted by Gasteiger charge is -2.03. The van der Waals surface area contributed by atoms with Gasteiger partial charge in [-0.1, -0.05) is 24.3 Å². The Labute approximate surface area is 122 Å². The first-order valence-corrected chi connectivity index (χ1v) is 7.80. The zero-order valence-electron chi connectivity index (χ0n) is 11.1. The summed E-state index contributed by atoms with van der Waals surface area (Å²) in [4.78, 5) is -0.112. The Morgan fingerprint density at radius 1 is 1.14 bits per heavy atom. The van der Waals surface area contributed by atoms with Crippen LogP contribution in [0.2, 0.25) is 0 Å². The van der Waals surface area contributed by atoms with E-state index in [2.05, 4.69) is 5.32 Å². The SMILES string of the molecule is Nc1cccc2c1NCC2=Cc1ccc(S(=O)(=O)O)cc1. The van der Waals surface area contributed by atoms with Crippen LogP contribution in [0.4, 0.5) is 11.4 Å². The summed E-state index contributed by atoms with van der Waals surface area (Å²) in [6.07, 6.45) is 1.96. The molecule has 0 aromatic heterocycles. The molecule has 3 rings (SSSR count). The highest BCUT2D eigenvalue weighted by molar-refractivity contribution is 7.85. The van der Waals surface area contributed by atoms with Crippen molar-refractivity contribution in [1.82, 2.24) is 0 Å². The van der Waals surface area contributed by atoms with Crippen LogP contribution >= 0.6 is 0 Å². The molecule has 4 N–H and O–H groups in total. The van der Waals surface area contributed by atoms with E-state index in [0.29, 0.717) is 12.2 Å². The minimum atomic E-state index is -4.15. The van der Waals surface area contributed by atoms with Gasteiger partial charge in [-0.3, -0.25) is 4.55 Å². The molecule has 0 radical (unpaired) electrons. The van der Waals surface area contributed by atoms with Gasteiger partial charge in [0.25, 0.3) is 10.1 Å². The molecule has 0 saturated carbocycles. The van der Waals surface area contributed by atoms with Crippen LogP contribution in [-0.2, 0) is 10.1 Å². The van der Waals surface area contributed by atoms with Crippen molar-refractivity contribution in [3.05, 3.63) is 53.6 Å². The molecule has 0 fully saturated rings. The highest BCUT2D eigenvalue weighted by Gasteiger charge is 2.17. The fourth-order valence-electron chi connectivity index (χ4n) is 2.38. The first-order chi connectivity index (χ1) is 9.95. The zero-order valence-corrected chi connectivity index (χ0v) is 11.9. The lowest BCUT2D eigenvalue weighted by molar-refractivity contribution is 0.483. The van der Waals surface area contributed by atoms with Crippen molar-refractivity contribution in [3.8, 4) is 0 Å². The van der Waals surface area contributed by atoms with Crippen molar-refractivity contribution in [2.24, 2.45) is 0 Å². The molecule has 108 valence electrons. The van der Waals surface area contributed by atoms with Gasteiger partial charge in [-0.05, 0) is 35.4 Å². The van der Waals surface area contributed by atoms with E-state index in [0.717, 1.165) is 22.4 Å². The summed E-state index contributed by atoms with van der Waals surface area (Å²) < 4.78 is 31.0. The monoisotopic (exact) mass is 302 g/mol. The first kappa shape index (κ1) is 13.7. The van der Waals surface area contributed by atoms with Crippen LogP contribution in [0.5, 0.6) is 0 Å². The molecular weight excluding hydrogens is 288 g/mol. The van der Waals surface area contributed by atoms with Crippen molar-refractivity contribution in [2.75, 3.05) is 17.6 Å². The molecule has 0 spiro atoms. The molecule has 2 aromatic rings. The van der Waals surface area contributed by atoms with Crippen LogP contribution in [0.25, 0.3) is 11.6 Å². The number of anilines is 2. The van der Waals surface area contributed by atoms with Crippen molar-refractivity contribution in [2.45, 2.75) is 4.90 Å². The molecule has 0 amide bonds. The first-order valence-electron chi connectivity index (χ1n) is 6.36. The van der Waals surface area contributed by atoms with Gasteiger partial charge in [-0.15, -0.1) is 0 Å². The van der Waals surface area contributed by atoms with Crippen molar-refractivity contribution in [1.29, 1.82) is 0 Å². The van der Waals surface area contributed by atoms with E-state index in [-0.39, 0.29) is 4.90 Å². The van der Waals surface area contributed by atoms with Crippen LogP contribution in [0.3, 0.4) is 0 Å². The number of nitrogen functional groups attached to an aromatic ring is 1. The maximum atomic E-state index is 11.0. The van der Waals surface area contributed by atoms with Gasteiger partial charge >= 0.3 is 0 Å². The van der Waals surface area contributed by atoms with Crippen molar-refractivity contribution < 1.29 is 13.0 Å². The molecule has 0 atom stereocenters. The normalized spacial score (nSPS) is 15.8. The molecule has 2 aromatic carbocycles. The minimum absolute atomic E-state index is 0.112. The molecule has 1 heterocycles. The van der Waals surface area contributed by atoms with Gasteiger partial charge in [-0.25, -0.2) is 0 Å². The van der Waals surface area contributed by atoms with Gasteiger partial charge < -0.3 is 11.1 Å². The topological polar surface area (TPSA) is 92.4 Å². The van der Waals surface area contributed by atoms with E-state index in [1.165, 1.54) is 12.1 Å². The van der Waals surface area contributed by atoms with Crippen LogP contribution in [0, 0.1) is 0 Å². The highest BCUT2D eigenvalue weighted by atomic mass is 32.2. The smallest absolute Gasteiger partial charge is 0.294 e. The van der Waals surface area contributed by atoms with Crippen molar-refractivity contribution >= 4 is 33.1 Å². The Morgan fingerprint density at radius 2 is 1.86 bits per heavy atom. The quantitative estimate of drug-likeness (QED) is 0.585. The van der Waals surface area contributed by atoms with E-state index < -0.39 is 10.1 Å². The predicted octanol–water partition coefficient (Wildman–Crippen LogP) is 2.48. The third kappa shape index (κ3) is 2.63. The minimum Gasteiger partial charge on any atom is -0.397 e. The van der Waals surface area contributed by atoms with E-state index in [4.69, 9.17) is 10.3 Å². The van der Waals surface area contributed by atoms with Gasteiger partial charge in [0.05, 0.1) is 16.3 Å². The molecule has 0 saturated heterocycles. The maximum Gasteiger partial charge on any atom is 0.294 e. The van der Waals surface area contributed by atoms with Gasteiger partial charge in [-0.2, -0.15) is 8.42 Å². The second kappa shape index (κ2) is 4.91. The summed E-state index contributed by atoms with van der Waals surface area (Å²) in [5.41, 5.74) is 10.5. The molecule has 6 heteroatoms. The van der Waals surface area contributed by atoms with Gasteiger partial charge in [0, 0.05) is 12.1 Å². The second-order valence-electron chi connectivity index (χ2n) is 4.84. The van der Waals surface area contributed by atoms with Crippen LogP contribution in [-0.4, -0.2) is 19.5 Å². The number of rotatable bonds is 2. The van der Waals surface area contributed by atoms with E-state index in [1.54, 1.807) is 12.1 Å². The van der Waals surface area contributed by atoms with E-state index in [1.807, 2.05) is 24.3 Å². The number of hydrogen-bond acceptors (Lipinski definition) is 4. The van der Waals surface area contributed by atoms with Gasteiger partial charge in [0.2, 0.25) is 0 Å². The zero-order chi connectivity index (χ0) is 15.0. The third-order valence-corrected chi connectivity index (χ3v) is 4.28. The Bertz CT molecular complexity index is 824. The standard InChI is InChI=1S/C15H14N2O3S/c16-14-3-1-2-13-11(9-17-15(13)14)8-10-4-6-12(7-5-10)21(18,19)20/h1-8,17H,9,16H2,(H,18,19,20). The molecular formula is C15H14N2O3S. The summed E-state index contributed by atoms with van der Waals surface area (Å²) in [6.45, 7) is 0.670. The van der Waals surface area contributed by atoms with Gasteiger partial charge in [0.1, 0.15) is 0 Å². The van der Waals surface area contributed by atoms with E-state index >= 15 is 0 Å². The van der Waals surface area contributed by atoms with Gasteiger partial charge in [0.15, 0.2) is 0 Å². The average molecular weight is 302 g/mol. The molecule has 0 unspecified atom stereocenters. The summed E-state index contributed by atoms with van der Waals surface area (Å²) in [5, 5.41) is 3.25. The summed E-state index contributed by atoms with van der Waals surface area (Å²) in [6, 6.07) is 11.8. The Hall–Kier alpha value is -2.31. The maximum absolute atomic E-state index is 11.0. The highest BCUT2D eigenvalue weighted by Crippen LogP contribution is 2.35. The predicted molar refractivity (Wildman–Crippen MR) is 83.5 cm³/mol. The number of fused-ring (bicyclic) bond motifs is 1. The van der Waals surface area contributed by atoms with Crippen molar-refractivity contribution in [3.63, 3.8) is 0 Å². The third-order valence-electron chi connectivity index (χ3n) is 3.42. The Kier molecular flexibility index (Phi) is 3.19. The molecule has 1 aliphatic heterocycles. The second-order valence-corrected chi connectivity index (χ2v) is 6.26. The van der Waals surface area contributed by atoms with Crippen LogP contribution < -0.4 is 11.1 Å². The fourth-order valence-corrected chi connectivity index (χ4v) is 2.86. The number of hydrogen-bond donors (Lipinski definition) is 3.